The van der Waals surface area contributed by atoms with Crippen molar-refractivity contribution in [1.29, 1.82) is 0 Å². The van der Waals surface area contributed by atoms with Crippen molar-refractivity contribution in [1.82, 2.24) is 4.98 Å². The molecule has 4 nitrogen and oxygen atoms in total. The zero-order valence-corrected chi connectivity index (χ0v) is 13.5. The fourth-order valence-corrected chi connectivity index (χ4v) is 3.31. The molecule has 5 heteroatoms. The molecule has 0 aliphatic carbocycles. The van der Waals surface area contributed by atoms with Gasteiger partial charge in [0.15, 0.2) is 0 Å². The number of benzene rings is 1. The van der Waals surface area contributed by atoms with Gasteiger partial charge in [0.1, 0.15) is 5.01 Å². The Morgan fingerprint density at radius 2 is 2.18 bits per heavy atom. The van der Waals surface area contributed by atoms with Gasteiger partial charge < -0.3 is 9.64 Å². The Bertz CT molecular complexity index is 610. The van der Waals surface area contributed by atoms with Crippen molar-refractivity contribution in [2.24, 2.45) is 0 Å². The summed E-state index contributed by atoms with van der Waals surface area (Å²) in [6, 6.07) is 8.38. The van der Waals surface area contributed by atoms with E-state index in [4.69, 9.17) is 4.74 Å². The van der Waals surface area contributed by atoms with Crippen molar-refractivity contribution in [3.05, 3.63) is 46.4 Å². The third-order valence-electron chi connectivity index (χ3n) is 3.97. The zero-order valence-electron chi connectivity index (χ0n) is 12.7. The lowest BCUT2D eigenvalue weighted by Gasteiger charge is -2.25. The molecular weight excluding hydrogens is 296 g/mol. The summed E-state index contributed by atoms with van der Waals surface area (Å²) < 4.78 is 5.76. The van der Waals surface area contributed by atoms with E-state index in [1.165, 1.54) is 5.56 Å². The fourth-order valence-electron chi connectivity index (χ4n) is 2.75. The van der Waals surface area contributed by atoms with E-state index in [1.54, 1.807) is 17.5 Å². The third-order valence-corrected chi connectivity index (χ3v) is 4.72. The number of ether oxygens (including phenoxy) is 1. The quantitative estimate of drug-likeness (QED) is 0.820. The second kappa shape index (κ2) is 7.03. The molecule has 0 spiro atoms. The van der Waals surface area contributed by atoms with Gasteiger partial charge in [-0.2, -0.15) is 0 Å². The Balaban J connectivity index is 1.63. The van der Waals surface area contributed by atoms with Crippen molar-refractivity contribution in [3.63, 3.8) is 0 Å². The molecule has 2 heterocycles. The maximum Gasteiger partial charge on any atom is 0.227 e. The number of anilines is 1. The number of aryl methyl sites for hydroxylation is 1. The first kappa shape index (κ1) is 15.2. The summed E-state index contributed by atoms with van der Waals surface area (Å²) in [7, 11) is 0. The molecule has 1 atom stereocenters. The van der Waals surface area contributed by atoms with Crippen LogP contribution in [0.1, 0.15) is 30.3 Å². The molecule has 1 aliphatic heterocycles. The first-order valence-electron chi connectivity index (χ1n) is 7.65. The van der Waals surface area contributed by atoms with Gasteiger partial charge in [-0.3, -0.25) is 4.79 Å². The molecule has 1 aromatic carbocycles. The van der Waals surface area contributed by atoms with Crippen molar-refractivity contribution in [2.45, 2.75) is 38.8 Å². The van der Waals surface area contributed by atoms with Crippen LogP contribution in [0.3, 0.4) is 0 Å². The topological polar surface area (TPSA) is 42.4 Å². The summed E-state index contributed by atoms with van der Waals surface area (Å²) in [6.45, 7) is 3.21. The van der Waals surface area contributed by atoms with E-state index >= 15 is 0 Å². The predicted octanol–water partition coefficient (Wildman–Crippen LogP) is 3.42. The lowest BCUT2D eigenvalue weighted by molar-refractivity contribution is -0.117. The van der Waals surface area contributed by atoms with Crippen LogP contribution in [0.5, 0.6) is 0 Å². The fraction of sp³-hybridized carbons (Fsp3) is 0.412. The summed E-state index contributed by atoms with van der Waals surface area (Å²) in [5.74, 6) is 0.187. The smallest absolute Gasteiger partial charge is 0.227 e. The molecule has 2 aromatic rings. The van der Waals surface area contributed by atoms with E-state index < -0.39 is 0 Å². The van der Waals surface area contributed by atoms with Gasteiger partial charge in [-0.25, -0.2) is 4.98 Å². The van der Waals surface area contributed by atoms with E-state index in [9.17, 15) is 4.79 Å². The van der Waals surface area contributed by atoms with E-state index in [1.807, 2.05) is 22.4 Å². The van der Waals surface area contributed by atoms with Crippen LogP contribution in [0.4, 0.5) is 5.69 Å². The lowest BCUT2D eigenvalue weighted by Crippen LogP contribution is -2.36. The van der Waals surface area contributed by atoms with Crippen LogP contribution >= 0.6 is 11.3 Å². The first-order valence-corrected chi connectivity index (χ1v) is 8.53. The minimum atomic E-state index is 0.125. The Kier molecular flexibility index (Phi) is 4.85. The maximum atomic E-state index is 12.2. The number of aromatic nitrogens is 1. The van der Waals surface area contributed by atoms with Gasteiger partial charge in [0, 0.05) is 23.7 Å². The standard InChI is InChI=1S/C17H20N2O2S/c1-2-13-3-5-14(6-4-13)19-15(7-8-17(19)20)11-21-12-16-18-9-10-22-16/h3-6,9-10,15H,2,7-8,11-12H2,1H3/t15-/m0/s1. The van der Waals surface area contributed by atoms with Crippen LogP contribution in [0.15, 0.2) is 35.8 Å². The van der Waals surface area contributed by atoms with E-state index in [0.29, 0.717) is 19.6 Å². The molecule has 1 saturated heterocycles. The van der Waals surface area contributed by atoms with Crippen molar-refractivity contribution >= 4 is 22.9 Å². The monoisotopic (exact) mass is 316 g/mol. The molecule has 3 rings (SSSR count). The number of amides is 1. The summed E-state index contributed by atoms with van der Waals surface area (Å²) in [6.07, 6.45) is 4.24. The highest BCUT2D eigenvalue weighted by Gasteiger charge is 2.32. The van der Waals surface area contributed by atoms with E-state index in [0.717, 1.165) is 23.5 Å². The van der Waals surface area contributed by atoms with Crippen molar-refractivity contribution in [3.8, 4) is 0 Å². The van der Waals surface area contributed by atoms with Crippen LogP contribution in [0, 0.1) is 0 Å². The number of hydrogen-bond acceptors (Lipinski definition) is 4. The van der Waals surface area contributed by atoms with Crippen LogP contribution in [0.25, 0.3) is 0 Å². The summed E-state index contributed by atoms with van der Waals surface area (Å²) in [5, 5.41) is 2.92. The zero-order chi connectivity index (χ0) is 15.4. The predicted molar refractivity (Wildman–Crippen MR) is 88.1 cm³/mol. The van der Waals surface area contributed by atoms with Gasteiger partial charge in [-0.1, -0.05) is 19.1 Å². The van der Waals surface area contributed by atoms with Gasteiger partial charge in [0.25, 0.3) is 0 Å². The van der Waals surface area contributed by atoms with Crippen LogP contribution in [-0.4, -0.2) is 23.5 Å². The van der Waals surface area contributed by atoms with Gasteiger partial charge in [-0.05, 0) is 30.5 Å². The first-order chi connectivity index (χ1) is 10.8. The molecule has 0 saturated carbocycles. The van der Waals surface area contributed by atoms with Crippen LogP contribution < -0.4 is 4.90 Å². The third kappa shape index (κ3) is 3.36. The highest BCUT2D eigenvalue weighted by atomic mass is 32.1. The summed E-state index contributed by atoms with van der Waals surface area (Å²) in [5.41, 5.74) is 2.26. The molecule has 0 N–H and O–H groups in total. The van der Waals surface area contributed by atoms with E-state index in [-0.39, 0.29) is 11.9 Å². The van der Waals surface area contributed by atoms with Gasteiger partial charge >= 0.3 is 0 Å². The average Bonchev–Trinajstić information content (AvgIpc) is 3.18. The molecule has 0 radical (unpaired) electrons. The molecule has 0 unspecified atom stereocenters. The highest BCUT2D eigenvalue weighted by molar-refractivity contribution is 7.09. The van der Waals surface area contributed by atoms with Crippen molar-refractivity contribution in [2.75, 3.05) is 11.5 Å². The molecule has 1 fully saturated rings. The summed E-state index contributed by atoms with van der Waals surface area (Å²) >= 11 is 1.59. The number of nitrogens with zero attached hydrogens (tertiary/aromatic N) is 2. The molecule has 116 valence electrons. The Hall–Kier alpha value is -1.72. The van der Waals surface area contributed by atoms with Crippen molar-refractivity contribution < 1.29 is 9.53 Å². The molecular formula is C17H20N2O2S. The van der Waals surface area contributed by atoms with E-state index in [2.05, 4.69) is 24.0 Å². The number of carbonyl (C=O) groups is 1. The largest absolute Gasteiger partial charge is 0.372 e. The number of hydrogen-bond donors (Lipinski definition) is 0. The maximum absolute atomic E-state index is 12.2. The minimum absolute atomic E-state index is 0.125. The second-order valence-electron chi connectivity index (χ2n) is 5.42. The SMILES string of the molecule is CCc1ccc(N2C(=O)CC[C@H]2COCc2nccs2)cc1. The molecule has 0 bridgehead atoms. The summed E-state index contributed by atoms with van der Waals surface area (Å²) in [4.78, 5) is 18.3. The Labute approximate surface area is 134 Å². The molecule has 1 aliphatic rings. The van der Waals surface area contributed by atoms with Gasteiger partial charge in [0.2, 0.25) is 5.91 Å². The lowest BCUT2D eigenvalue weighted by atomic mass is 10.1. The van der Waals surface area contributed by atoms with Gasteiger partial charge in [0.05, 0.1) is 19.3 Å². The minimum Gasteiger partial charge on any atom is -0.372 e. The second-order valence-corrected chi connectivity index (χ2v) is 6.40. The van der Waals surface area contributed by atoms with Crippen LogP contribution in [0.2, 0.25) is 0 Å². The Morgan fingerprint density at radius 3 is 2.86 bits per heavy atom. The molecule has 1 amide bonds. The number of thiazole rings is 1. The normalized spacial score (nSPS) is 18.1. The highest BCUT2D eigenvalue weighted by Crippen LogP contribution is 2.27. The number of rotatable bonds is 6. The molecule has 1 aromatic heterocycles. The number of carbonyl (C=O) groups excluding carboxylic acids is 1. The van der Waals surface area contributed by atoms with Crippen LogP contribution in [-0.2, 0) is 22.6 Å². The molecule has 22 heavy (non-hydrogen) atoms. The Morgan fingerprint density at radius 1 is 1.36 bits per heavy atom. The average molecular weight is 316 g/mol. The van der Waals surface area contributed by atoms with Gasteiger partial charge in [-0.15, -0.1) is 11.3 Å².